The fourth-order valence-corrected chi connectivity index (χ4v) is 21.2. The van der Waals surface area contributed by atoms with Crippen LogP contribution in [0.1, 0.15) is 49.9 Å². The van der Waals surface area contributed by atoms with E-state index in [1.165, 1.54) is 103 Å². The molecule has 0 unspecified atom stereocenters. The molecule has 0 atom stereocenters. The summed E-state index contributed by atoms with van der Waals surface area (Å²) >= 11 is 0. The summed E-state index contributed by atoms with van der Waals surface area (Å²) in [6, 6.07) is 83.4. The first kappa shape index (κ1) is 40.7. The summed E-state index contributed by atoms with van der Waals surface area (Å²) in [5, 5.41) is 15.3. The van der Waals surface area contributed by atoms with Crippen LogP contribution in [0.5, 0.6) is 0 Å². The lowest BCUT2D eigenvalue weighted by Gasteiger charge is -2.31. The van der Waals surface area contributed by atoms with E-state index in [2.05, 4.69) is 252 Å². The highest BCUT2D eigenvalue weighted by molar-refractivity contribution is 7.85. The zero-order chi connectivity index (χ0) is 46.4. The van der Waals surface area contributed by atoms with Gasteiger partial charge >= 0.3 is 0 Å². The van der Waals surface area contributed by atoms with Crippen molar-refractivity contribution in [3.05, 3.63) is 247 Å². The first-order valence-corrected chi connectivity index (χ1v) is 28.1. The van der Waals surface area contributed by atoms with Gasteiger partial charge in [0.2, 0.25) is 0 Å². The third-order valence-corrected chi connectivity index (χ3v) is 24.5. The molecule has 1 aliphatic heterocycles. The monoisotopic (exact) mass is 916 g/mol. The van der Waals surface area contributed by atoms with E-state index < -0.39 is 15.2 Å². The molecular formula is C66H49OPSi. The van der Waals surface area contributed by atoms with Crippen LogP contribution in [0.2, 0.25) is 0 Å². The van der Waals surface area contributed by atoms with Crippen molar-refractivity contribution in [2.45, 2.75) is 38.5 Å². The van der Waals surface area contributed by atoms with Crippen molar-refractivity contribution in [2.24, 2.45) is 0 Å². The summed E-state index contributed by atoms with van der Waals surface area (Å²) in [7, 11) is -6.30. The molecule has 0 amide bonds. The lowest BCUT2D eigenvalue weighted by Crippen LogP contribution is -2.72. The number of hydrogen-bond donors (Lipinski definition) is 0. The zero-order valence-electron chi connectivity index (χ0n) is 39.2. The Morgan fingerprint density at radius 2 is 0.710 bits per heavy atom. The van der Waals surface area contributed by atoms with Gasteiger partial charge in [-0.2, -0.15) is 0 Å². The first-order chi connectivity index (χ1) is 33.6. The van der Waals surface area contributed by atoms with Crippen LogP contribution in [0.4, 0.5) is 0 Å². The highest BCUT2D eigenvalue weighted by Crippen LogP contribution is 2.54. The second-order valence-corrected chi connectivity index (χ2v) is 27.2. The predicted molar refractivity (Wildman–Crippen MR) is 296 cm³/mol. The molecule has 0 spiro atoms. The highest BCUT2D eigenvalue weighted by atomic mass is 31.2. The molecule has 14 rings (SSSR count). The Bertz CT molecular complexity index is 3900. The maximum atomic E-state index is 17.3. The first-order valence-electron chi connectivity index (χ1n) is 24.4. The van der Waals surface area contributed by atoms with Crippen molar-refractivity contribution < 1.29 is 4.57 Å². The molecule has 0 fully saturated rings. The van der Waals surface area contributed by atoms with E-state index in [-0.39, 0.29) is 10.8 Å². The van der Waals surface area contributed by atoms with Crippen LogP contribution >= 0.6 is 7.14 Å². The Balaban J connectivity index is 1.06. The highest BCUT2D eigenvalue weighted by Gasteiger charge is 2.49. The minimum absolute atomic E-state index is 0.163. The van der Waals surface area contributed by atoms with Crippen LogP contribution in [-0.4, -0.2) is 8.07 Å². The Hall–Kier alpha value is -7.35. The third-order valence-electron chi connectivity index (χ3n) is 16.6. The molecule has 0 bridgehead atoms. The minimum atomic E-state index is -3.54. The second kappa shape index (κ2) is 14.3. The van der Waals surface area contributed by atoms with Gasteiger partial charge in [0.05, 0.1) is 0 Å². The van der Waals surface area contributed by atoms with E-state index in [1.54, 1.807) is 0 Å². The van der Waals surface area contributed by atoms with Gasteiger partial charge in [-0.05, 0) is 133 Å². The Morgan fingerprint density at radius 1 is 0.304 bits per heavy atom. The van der Waals surface area contributed by atoms with Crippen molar-refractivity contribution in [1.82, 2.24) is 0 Å². The summed E-state index contributed by atoms with van der Waals surface area (Å²) in [5.41, 5.74) is 12.3. The van der Waals surface area contributed by atoms with E-state index >= 15 is 4.57 Å². The van der Waals surface area contributed by atoms with E-state index in [0.29, 0.717) is 0 Å². The zero-order valence-corrected chi connectivity index (χ0v) is 41.1. The fraction of sp³-hybridized carbons (Fsp3) is 0.0909. The van der Waals surface area contributed by atoms with Crippen molar-refractivity contribution in [3.8, 4) is 33.4 Å². The minimum Gasteiger partial charge on any atom is -0.309 e. The topological polar surface area (TPSA) is 17.1 Å². The third kappa shape index (κ3) is 5.34. The molecule has 69 heavy (non-hydrogen) atoms. The van der Waals surface area contributed by atoms with Gasteiger partial charge in [-0.25, -0.2) is 0 Å². The van der Waals surface area contributed by atoms with E-state index in [0.717, 1.165) is 21.3 Å². The molecule has 3 heteroatoms. The van der Waals surface area contributed by atoms with E-state index in [4.69, 9.17) is 0 Å². The average Bonchev–Trinajstić information content (AvgIpc) is 3.92. The van der Waals surface area contributed by atoms with Gasteiger partial charge < -0.3 is 4.57 Å². The quantitative estimate of drug-likeness (QED) is 0.0955. The summed E-state index contributed by atoms with van der Waals surface area (Å²) in [4.78, 5) is 0. The SMILES string of the molecule is CC1(C)c2ccccc2-c2cc(P(=O)(c3ccc4c(c3)-c3ccccc3C4(C)C)c3ccc4c(c3)c3ccccc3c3cc5c(cc43)[Si](c3ccccc3)(c3ccccc3)c3ccccc3-5)ccc21. The fourth-order valence-electron chi connectivity index (χ4n) is 13.3. The average molecular weight is 917 g/mol. The van der Waals surface area contributed by atoms with Gasteiger partial charge in [-0.3, -0.25) is 0 Å². The van der Waals surface area contributed by atoms with Crippen LogP contribution < -0.4 is 36.7 Å². The van der Waals surface area contributed by atoms with Crippen LogP contribution in [0.15, 0.2) is 224 Å². The van der Waals surface area contributed by atoms with E-state index in [9.17, 15) is 0 Å². The molecule has 0 saturated carbocycles. The molecule has 328 valence electrons. The van der Waals surface area contributed by atoms with Crippen LogP contribution in [0.25, 0.3) is 65.7 Å². The summed E-state index contributed by atoms with van der Waals surface area (Å²) < 4.78 is 17.3. The number of benzene rings is 11. The lowest BCUT2D eigenvalue weighted by molar-refractivity contribution is 0.592. The molecule has 1 heterocycles. The molecule has 1 nitrogen and oxygen atoms in total. The van der Waals surface area contributed by atoms with Crippen molar-refractivity contribution >= 4 is 84.2 Å². The maximum Gasteiger partial charge on any atom is 0.180 e. The summed E-state index contributed by atoms with van der Waals surface area (Å²) in [6.45, 7) is 9.26. The van der Waals surface area contributed by atoms with Gasteiger partial charge in [0.15, 0.2) is 15.2 Å². The smallest absolute Gasteiger partial charge is 0.180 e. The maximum absolute atomic E-state index is 17.3. The molecule has 0 aromatic heterocycles. The normalized spacial score (nSPS) is 15.4. The summed E-state index contributed by atoms with van der Waals surface area (Å²) in [5.74, 6) is 0. The van der Waals surface area contributed by atoms with Crippen molar-refractivity contribution in [1.29, 1.82) is 0 Å². The lowest BCUT2D eigenvalue weighted by atomic mass is 9.82. The van der Waals surface area contributed by atoms with Crippen molar-refractivity contribution in [2.75, 3.05) is 0 Å². The molecule has 0 radical (unpaired) electrons. The molecule has 11 aromatic carbocycles. The molecule has 2 aliphatic carbocycles. The summed E-state index contributed by atoms with van der Waals surface area (Å²) in [6.07, 6.45) is 0. The van der Waals surface area contributed by atoms with E-state index in [1.807, 2.05) is 0 Å². The van der Waals surface area contributed by atoms with Gasteiger partial charge in [-0.15, -0.1) is 0 Å². The molecule has 0 saturated heterocycles. The number of fused-ring (bicyclic) bond motifs is 15. The molecule has 11 aromatic rings. The Morgan fingerprint density at radius 3 is 1.28 bits per heavy atom. The van der Waals surface area contributed by atoms with Gasteiger partial charge in [0.1, 0.15) is 0 Å². The number of hydrogen-bond acceptors (Lipinski definition) is 1. The van der Waals surface area contributed by atoms with Gasteiger partial charge in [0.25, 0.3) is 0 Å². The molecule has 3 aliphatic rings. The second-order valence-electron chi connectivity index (χ2n) is 20.7. The Kier molecular flexibility index (Phi) is 8.46. The molecule has 0 N–H and O–H groups in total. The molecular weight excluding hydrogens is 868 g/mol. The van der Waals surface area contributed by atoms with Gasteiger partial charge in [0, 0.05) is 26.7 Å². The van der Waals surface area contributed by atoms with Gasteiger partial charge in [-0.1, -0.05) is 228 Å². The van der Waals surface area contributed by atoms with Crippen LogP contribution in [0, 0.1) is 0 Å². The number of rotatable bonds is 5. The van der Waals surface area contributed by atoms with Crippen LogP contribution in [-0.2, 0) is 15.4 Å². The largest absolute Gasteiger partial charge is 0.309 e. The van der Waals surface area contributed by atoms with Crippen LogP contribution in [0.3, 0.4) is 0 Å². The van der Waals surface area contributed by atoms with Crippen molar-refractivity contribution in [3.63, 3.8) is 0 Å². The standard InChI is InChI=1S/C66H49OPSi/c1-65(2)59-28-16-13-25-50(59)56-38-43(32-35-61(56)65)68(67,44-33-36-62-57(39-44)51-26-14-17-29-60(51)66(62,3)4)42-31-34-49-53(37-42)47-23-11-12-24-48(47)54-40-58-52-27-15-18-30-63(52)69(64(58)41-55(49)54,45-19-7-5-8-20-45)46-21-9-6-10-22-46/h5-41H,1-4H3. The predicted octanol–water partition coefficient (Wildman–Crippen LogP) is 12.8. The Labute approximate surface area is 405 Å².